The van der Waals surface area contributed by atoms with Crippen LogP contribution in [0.2, 0.25) is 72.5 Å². The van der Waals surface area contributed by atoms with Crippen LogP contribution in [0.5, 0.6) is 0 Å². The molecule has 0 amide bonds. The zero-order valence-corrected chi connectivity index (χ0v) is 61.9. The van der Waals surface area contributed by atoms with Crippen molar-refractivity contribution >= 4 is 45.4 Å². The van der Waals surface area contributed by atoms with Gasteiger partial charge in [0, 0.05) is 72.9 Å². The van der Waals surface area contributed by atoms with Crippen LogP contribution in [0.15, 0.2) is 0 Å². The third-order valence-corrected chi connectivity index (χ3v) is 38.9. The van der Waals surface area contributed by atoms with Crippen LogP contribution in [0.4, 0.5) is 4.79 Å². The molecule has 18 nitrogen and oxygen atoms in total. The number of carbonyl (C=O) groups excluding carboxylic acids is 2. The lowest BCUT2D eigenvalue weighted by Gasteiger charge is -2.55. The number of methoxy groups -OCH3 is 4. The smallest absolute Gasteiger partial charge is 0.466 e. The molecule has 18 atom stereocenters. The lowest BCUT2D eigenvalue weighted by molar-refractivity contribution is -0.363. The third kappa shape index (κ3) is 18.2. The van der Waals surface area contributed by atoms with Crippen LogP contribution in [0, 0.1) is 11.8 Å². The van der Waals surface area contributed by atoms with Gasteiger partial charge in [0.2, 0.25) is 5.79 Å². The summed E-state index contributed by atoms with van der Waals surface area (Å²) in [7, 11) is -2.67. The van der Waals surface area contributed by atoms with Gasteiger partial charge in [0.25, 0.3) is 0 Å². The standard InChI is InChI=1S/C62H122O18Si4/c1-29-84(30-2,31-3)80-61(18)38-52(71-43(7)55(61)74-51-37-49(67-21)54(42(6)70-51)79-83(27,28)60(15,16)17)72-45(39-65-19)35-47-40(4)53(78-82(25,26)59(12,13)14)41(5)62(68-22,76-47)56-50(73-57(64)75-56)36-48(66-20)46(33-32-34-69-44(8)63)77-81(23,24)58(9,10)11/h40-43,45-56H,29-39H2,1-28H3/t40-,41+,42+,43-,45+,46-,47+,48-,49+,50-,51-,52-,53-,54+,55-,56+,61-,62+/m0/s1. The fourth-order valence-electron chi connectivity index (χ4n) is 12.1. The van der Waals surface area contributed by atoms with Gasteiger partial charge in [-0.25, -0.2) is 4.79 Å². The van der Waals surface area contributed by atoms with E-state index in [-0.39, 0.29) is 64.9 Å². The maximum atomic E-state index is 13.7. The first-order valence-corrected chi connectivity index (χ1v) is 43.0. The number of ether oxygens (including phenoxy) is 12. The summed E-state index contributed by atoms with van der Waals surface area (Å²) < 4.78 is 108. The normalized spacial score (nSPS) is 33.5. The van der Waals surface area contributed by atoms with Gasteiger partial charge in [0.05, 0.1) is 73.8 Å². The molecule has 22 heteroatoms. The van der Waals surface area contributed by atoms with E-state index in [0.717, 1.165) is 18.1 Å². The van der Waals surface area contributed by atoms with Crippen LogP contribution in [0.1, 0.15) is 163 Å². The molecule has 4 heterocycles. The highest BCUT2D eigenvalue weighted by molar-refractivity contribution is 6.75. The Kier molecular flexibility index (Phi) is 27.0. The number of carbonyl (C=O) groups is 2. The molecule has 0 spiro atoms. The highest BCUT2D eigenvalue weighted by atomic mass is 28.4. The summed E-state index contributed by atoms with van der Waals surface area (Å²) in [6.45, 7) is 52.5. The molecule has 4 fully saturated rings. The Hall–Kier alpha value is -0.912. The molecule has 0 radical (unpaired) electrons. The molecule has 0 aromatic heterocycles. The van der Waals surface area contributed by atoms with E-state index in [0.29, 0.717) is 32.1 Å². The largest absolute Gasteiger partial charge is 0.509 e. The highest BCUT2D eigenvalue weighted by Crippen LogP contribution is 2.51. The van der Waals surface area contributed by atoms with Crippen molar-refractivity contribution < 1.29 is 84.1 Å². The molecule has 84 heavy (non-hydrogen) atoms. The molecule has 0 aromatic carbocycles. The number of esters is 1. The number of rotatable bonds is 30. The fraction of sp³-hybridized carbons (Fsp3) is 0.968. The Morgan fingerprint density at radius 2 is 1.29 bits per heavy atom. The maximum absolute atomic E-state index is 13.7. The molecule has 0 aliphatic carbocycles. The lowest BCUT2D eigenvalue weighted by Crippen LogP contribution is -2.67. The topological polar surface area (TPSA) is 182 Å². The molecule has 4 aliphatic rings. The van der Waals surface area contributed by atoms with Gasteiger partial charge in [0.15, 0.2) is 58.1 Å². The SMILES string of the molecule is CC[Si](CC)(CC)O[C@@]1(C)C[C@H](O[C@@H](COC)C[C@H]2O[C@@](OC)([C@@H]3OC(=O)O[C@H]3C[C@H](OC)[C@H](CCCOC(C)=O)O[Si](C)(C)C(C)(C)C)[C@H](C)[C@@H](O[Si](C)(C)C(C)(C)C)[C@H]2C)O[C@@H](C)[C@@H]1O[C@H]1C[C@@H](OC)[C@H](O[Si](C)(C)C(C)(C)C)[C@@H](C)O1. The Labute approximate surface area is 513 Å². The van der Waals surface area contributed by atoms with Crippen LogP contribution in [-0.4, -0.2) is 184 Å². The Bertz CT molecular complexity index is 2040. The monoisotopic (exact) mass is 1270 g/mol. The van der Waals surface area contributed by atoms with E-state index in [9.17, 15) is 9.59 Å². The summed E-state index contributed by atoms with van der Waals surface area (Å²) in [5.41, 5.74) is -0.840. The molecule has 4 saturated heterocycles. The molecule has 0 aromatic rings. The number of cyclic esters (lactones) is 2. The van der Waals surface area contributed by atoms with Crippen LogP contribution in [-0.2, 0) is 79.3 Å². The van der Waals surface area contributed by atoms with E-state index in [2.05, 4.69) is 150 Å². The minimum Gasteiger partial charge on any atom is -0.466 e. The van der Waals surface area contributed by atoms with Crippen molar-refractivity contribution in [1.29, 1.82) is 0 Å². The highest BCUT2D eigenvalue weighted by Gasteiger charge is 2.64. The maximum Gasteiger partial charge on any atom is 0.509 e. The Morgan fingerprint density at radius 1 is 0.726 bits per heavy atom. The predicted octanol–water partition coefficient (Wildman–Crippen LogP) is 13.7. The fourth-order valence-corrected chi connectivity index (χ4v) is 19.4. The van der Waals surface area contributed by atoms with Gasteiger partial charge in [-0.15, -0.1) is 0 Å². The summed E-state index contributed by atoms with van der Waals surface area (Å²) in [5, 5.41) is -0.246. The van der Waals surface area contributed by atoms with Crippen LogP contribution < -0.4 is 0 Å². The third-order valence-electron chi connectivity index (χ3n) is 20.7. The number of hydrogen-bond donors (Lipinski definition) is 0. The van der Waals surface area contributed by atoms with Gasteiger partial charge in [-0.3, -0.25) is 4.79 Å². The zero-order valence-electron chi connectivity index (χ0n) is 57.9. The molecule has 494 valence electrons. The summed E-state index contributed by atoms with van der Waals surface area (Å²) in [5.74, 6) is -2.59. The number of hydrogen-bond acceptors (Lipinski definition) is 18. The molecule has 0 saturated carbocycles. The first kappa shape index (κ1) is 75.5. The summed E-state index contributed by atoms with van der Waals surface area (Å²) in [6, 6.07) is 2.82. The Morgan fingerprint density at radius 3 is 1.79 bits per heavy atom. The van der Waals surface area contributed by atoms with Crippen molar-refractivity contribution in [2.24, 2.45) is 11.8 Å². The molecule has 4 aliphatic heterocycles. The first-order valence-electron chi connectivity index (χ1n) is 31.7. The van der Waals surface area contributed by atoms with E-state index in [1.807, 2.05) is 6.92 Å². The van der Waals surface area contributed by atoms with Crippen LogP contribution >= 0.6 is 0 Å². The second kappa shape index (κ2) is 30.0. The molecule has 0 N–H and O–H groups in total. The zero-order chi connectivity index (χ0) is 64.0. The van der Waals surface area contributed by atoms with E-state index in [1.54, 1.807) is 28.4 Å². The van der Waals surface area contributed by atoms with Crippen molar-refractivity contribution in [2.75, 3.05) is 41.7 Å². The molecular weight excluding hydrogens is 1150 g/mol. The van der Waals surface area contributed by atoms with Crippen molar-refractivity contribution in [2.45, 2.75) is 333 Å². The second-order valence-corrected chi connectivity index (χ2v) is 48.6. The van der Waals surface area contributed by atoms with E-state index < -0.39 is 124 Å². The van der Waals surface area contributed by atoms with Gasteiger partial charge in [-0.05, 0) is 106 Å². The van der Waals surface area contributed by atoms with Crippen LogP contribution in [0.3, 0.4) is 0 Å². The quantitative estimate of drug-likeness (QED) is 0.0376. The van der Waals surface area contributed by atoms with Gasteiger partial charge < -0.3 is 74.5 Å². The summed E-state index contributed by atoms with van der Waals surface area (Å²) >= 11 is 0. The van der Waals surface area contributed by atoms with Gasteiger partial charge in [0.1, 0.15) is 6.10 Å². The average molecular weight is 1270 g/mol. The van der Waals surface area contributed by atoms with Gasteiger partial charge >= 0.3 is 12.1 Å². The van der Waals surface area contributed by atoms with E-state index in [4.69, 9.17) is 74.5 Å². The van der Waals surface area contributed by atoms with E-state index in [1.165, 1.54) is 6.92 Å². The van der Waals surface area contributed by atoms with Gasteiger partial charge in [-0.1, -0.05) is 96.9 Å². The van der Waals surface area contributed by atoms with Crippen molar-refractivity contribution in [3.63, 3.8) is 0 Å². The van der Waals surface area contributed by atoms with Crippen molar-refractivity contribution in [3.8, 4) is 0 Å². The predicted molar refractivity (Wildman–Crippen MR) is 337 cm³/mol. The minimum atomic E-state index is -2.49. The summed E-state index contributed by atoms with van der Waals surface area (Å²) in [6.07, 6.45) is -5.90. The lowest BCUT2D eigenvalue weighted by atomic mass is 9.76. The van der Waals surface area contributed by atoms with Crippen molar-refractivity contribution in [3.05, 3.63) is 0 Å². The van der Waals surface area contributed by atoms with Gasteiger partial charge in [-0.2, -0.15) is 0 Å². The average Bonchev–Trinajstić information content (AvgIpc) is 1.52. The van der Waals surface area contributed by atoms with Crippen LogP contribution in [0.25, 0.3) is 0 Å². The molecule has 4 rings (SSSR count). The molecule has 0 bridgehead atoms. The summed E-state index contributed by atoms with van der Waals surface area (Å²) in [4.78, 5) is 25.5. The van der Waals surface area contributed by atoms with Crippen molar-refractivity contribution in [1.82, 2.24) is 0 Å². The molecule has 0 unspecified atom stereocenters. The first-order chi connectivity index (χ1) is 38.6. The minimum absolute atomic E-state index is 0.0140. The second-order valence-electron chi connectivity index (χ2n) is 29.7. The van der Waals surface area contributed by atoms with E-state index >= 15 is 0 Å². The Balaban J connectivity index is 1.75. The molecular formula is C62H122O18Si4.